The highest BCUT2D eigenvalue weighted by atomic mass is 16.3. The number of aromatic nitrogens is 2. The number of nitrogens with one attached hydrogen (secondary N) is 3. The van der Waals surface area contributed by atoms with Gasteiger partial charge in [-0.3, -0.25) is 9.59 Å². The molecule has 7 nitrogen and oxygen atoms in total. The molecule has 1 amide bonds. The summed E-state index contributed by atoms with van der Waals surface area (Å²) >= 11 is 0. The first-order valence-electron chi connectivity index (χ1n) is 8.13. The lowest BCUT2D eigenvalue weighted by Crippen LogP contribution is -3.11. The molecule has 3 N–H and O–H groups in total. The molecule has 0 aliphatic carbocycles. The van der Waals surface area contributed by atoms with Crippen molar-refractivity contribution in [2.45, 2.75) is 20.4 Å². The number of quaternary nitrogens is 1. The molecule has 0 bridgehead atoms. The average Bonchev–Trinajstić information content (AvgIpc) is 2.94. The van der Waals surface area contributed by atoms with E-state index in [2.05, 4.69) is 15.3 Å². The third-order valence-electron chi connectivity index (χ3n) is 3.98. The molecule has 1 atom stereocenters. The Labute approximate surface area is 138 Å². The minimum atomic E-state index is -0.292. The molecule has 1 unspecified atom stereocenters. The van der Waals surface area contributed by atoms with E-state index >= 15 is 0 Å². The quantitative estimate of drug-likeness (QED) is 0.603. The minimum Gasteiger partial charge on any atom is -0.449 e. The Morgan fingerprint density at radius 1 is 1.33 bits per heavy atom. The number of fused-ring (bicyclic) bond motifs is 3. The first-order valence-corrected chi connectivity index (χ1v) is 8.13. The van der Waals surface area contributed by atoms with Crippen LogP contribution < -0.4 is 15.8 Å². The first kappa shape index (κ1) is 16.2. The highest BCUT2D eigenvalue weighted by Crippen LogP contribution is 2.24. The van der Waals surface area contributed by atoms with E-state index in [1.807, 2.05) is 38.1 Å². The number of H-pyrrole nitrogens is 1. The number of para-hydroxylation sites is 1. The molecule has 2 aromatic heterocycles. The lowest BCUT2D eigenvalue weighted by atomic mass is 10.2. The predicted octanol–water partition coefficient (Wildman–Crippen LogP) is 0.210. The van der Waals surface area contributed by atoms with Crippen molar-refractivity contribution in [2.24, 2.45) is 0 Å². The fourth-order valence-corrected chi connectivity index (χ4v) is 2.77. The van der Waals surface area contributed by atoms with Crippen molar-refractivity contribution >= 4 is 28.0 Å². The van der Waals surface area contributed by atoms with Gasteiger partial charge in [0.15, 0.2) is 12.4 Å². The molecule has 0 fully saturated rings. The third kappa shape index (κ3) is 3.16. The van der Waals surface area contributed by atoms with E-state index in [-0.39, 0.29) is 17.0 Å². The first-order chi connectivity index (χ1) is 11.6. The number of carbonyl (C=O) groups excluding carboxylic acids is 1. The molecule has 3 rings (SSSR count). The Bertz CT molecular complexity index is 928. The maximum Gasteiger partial charge on any atom is 0.294 e. The maximum atomic E-state index is 12.3. The Kier molecular flexibility index (Phi) is 4.61. The Hall–Kier alpha value is -2.67. The summed E-state index contributed by atoms with van der Waals surface area (Å²) in [7, 11) is 0. The van der Waals surface area contributed by atoms with Crippen molar-refractivity contribution in [1.29, 1.82) is 0 Å². The molecule has 0 aliphatic heterocycles. The molecule has 24 heavy (non-hydrogen) atoms. The van der Waals surface area contributed by atoms with Gasteiger partial charge in [-0.15, -0.1) is 0 Å². The molecule has 7 heteroatoms. The van der Waals surface area contributed by atoms with Crippen LogP contribution in [-0.2, 0) is 11.3 Å². The van der Waals surface area contributed by atoms with E-state index in [9.17, 15) is 9.59 Å². The summed E-state index contributed by atoms with van der Waals surface area (Å²) in [6.07, 6.45) is 0. The van der Waals surface area contributed by atoms with Crippen LogP contribution in [0.25, 0.3) is 22.1 Å². The molecule has 0 saturated heterocycles. The second kappa shape index (κ2) is 6.84. The van der Waals surface area contributed by atoms with E-state index < -0.39 is 0 Å². The number of carbonyl (C=O) groups is 1. The second-order valence-corrected chi connectivity index (χ2v) is 5.70. The van der Waals surface area contributed by atoms with Crippen molar-refractivity contribution in [3.63, 3.8) is 0 Å². The van der Waals surface area contributed by atoms with Crippen LogP contribution in [-0.4, -0.2) is 35.5 Å². The zero-order chi connectivity index (χ0) is 17.1. The van der Waals surface area contributed by atoms with Crippen LogP contribution in [0.3, 0.4) is 0 Å². The van der Waals surface area contributed by atoms with Crippen LogP contribution in [0, 0.1) is 0 Å². The molecule has 0 saturated carbocycles. The third-order valence-corrected chi connectivity index (χ3v) is 3.98. The lowest BCUT2D eigenvalue weighted by molar-refractivity contribution is -0.904. The standard InChI is InChI=1S/C17H20N4O3/c1-3-18-14(22)10-21(4-2)9-13-19-15-11-7-5-6-8-12(11)24-16(15)17(23)20-13/h5-8H,3-4,9-10H2,1-2H3,(H,18,22)(H,19,20,23)/p+1. The fraction of sp³-hybridized carbons (Fsp3) is 0.353. The molecule has 1 aromatic carbocycles. The van der Waals surface area contributed by atoms with Crippen molar-refractivity contribution in [3.05, 3.63) is 40.4 Å². The van der Waals surface area contributed by atoms with E-state index in [1.165, 1.54) is 0 Å². The number of amides is 1. The van der Waals surface area contributed by atoms with Crippen molar-refractivity contribution < 1.29 is 14.1 Å². The lowest BCUT2D eigenvalue weighted by Gasteiger charge is -2.16. The van der Waals surface area contributed by atoms with Crippen LogP contribution in [0.2, 0.25) is 0 Å². The van der Waals surface area contributed by atoms with Crippen LogP contribution >= 0.6 is 0 Å². The number of rotatable bonds is 6. The highest BCUT2D eigenvalue weighted by molar-refractivity contribution is 6.01. The van der Waals surface area contributed by atoms with Crippen molar-refractivity contribution in [1.82, 2.24) is 15.3 Å². The topological polar surface area (TPSA) is 92.4 Å². The number of hydrogen-bond donors (Lipinski definition) is 3. The molecule has 2 heterocycles. The van der Waals surface area contributed by atoms with Crippen LogP contribution in [0.4, 0.5) is 0 Å². The fourth-order valence-electron chi connectivity index (χ4n) is 2.77. The number of benzene rings is 1. The largest absolute Gasteiger partial charge is 0.449 e. The number of nitrogens with zero attached hydrogens (tertiary/aromatic N) is 1. The van der Waals surface area contributed by atoms with E-state index in [4.69, 9.17) is 4.42 Å². The van der Waals surface area contributed by atoms with Crippen LogP contribution in [0.15, 0.2) is 33.5 Å². The monoisotopic (exact) mass is 329 g/mol. The summed E-state index contributed by atoms with van der Waals surface area (Å²) in [5.74, 6) is 0.548. The number of aromatic amines is 1. The van der Waals surface area contributed by atoms with Crippen LogP contribution in [0.1, 0.15) is 19.7 Å². The summed E-state index contributed by atoms with van der Waals surface area (Å²) in [4.78, 5) is 32.4. The van der Waals surface area contributed by atoms with Crippen LogP contribution in [0.5, 0.6) is 0 Å². The second-order valence-electron chi connectivity index (χ2n) is 5.70. The van der Waals surface area contributed by atoms with Gasteiger partial charge in [-0.25, -0.2) is 4.98 Å². The number of furan rings is 1. The summed E-state index contributed by atoms with van der Waals surface area (Å²) in [6.45, 7) is 6.07. The van der Waals surface area contributed by atoms with Gasteiger partial charge in [0, 0.05) is 11.9 Å². The van der Waals surface area contributed by atoms with Gasteiger partial charge >= 0.3 is 0 Å². The Morgan fingerprint density at radius 2 is 2.12 bits per heavy atom. The zero-order valence-corrected chi connectivity index (χ0v) is 13.8. The smallest absolute Gasteiger partial charge is 0.294 e. The maximum absolute atomic E-state index is 12.3. The van der Waals surface area contributed by atoms with Gasteiger partial charge in [0.25, 0.3) is 11.5 Å². The predicted molar refractivity (Wildman–Crippen MR) is 90.9 cm³/mol. The van der Waals surface area contributed by atoms with Gasteiger partial charge in [-0.1, -0.05) is 12.1 Å². The van der Waals surface area contributed by atoms with Gasteiger partial charge in [0.05, 0.1) is 6.54 Å². The van der Waals surface area contributed by atoms with Gasteiger partial charge in [-0.2, -0.15) is 0 Å². The molecular weight excluding hydrogens is 308 g/mol. The zero-order valence-electron chi connectivity index (χ0n) is 13.8. The molecule has 0 spiro atoms. The van der Waals surface area contributed by atoms with Crippen molar-refractivity contribution in [3.8, 4) is 0 Å². The average molecular weight is 329 g/mol. The summed E-state index contributed by atoms with van der Waals surface area (Å²) in [6, 6.07) is 7.44. The molecule has 3 aromatic rings. The highest BCUT2D eigenvalue weighted by Gasteiger charge is 2.17. The van der Waals surface area contributed by atoms with Gasteiger partial charge in [0.1, 0.15) is 17.6 Å². The van der Waals surface area contributed by atoms with E-state index in [0.29, 0.717) is 36.6 Å². The normalized spacial score (nSPS) is 12.6. The number of likely N-dealkylation sites (N-methyl/N-ethyl adjacent to an activating group) is 2. The summed E-state index contributed by atoms with van der Waals surface area (Å²) in [5, 5.41) is 3.61. The molecule has 0 radical (unpaired) electrons. The minimum absolute atomic E-state index is 0.00784. The van der Waals surface area contributed by atoms with Gasteiger partial charge < -0.3 is 19.6 Å². The molecular formula is C17H21N4O3+. The Balaban J connectivity index is 1.93. The van der Waals surface area contributed by atoms with Crippen molar-refractivity contribution in [2.75, 3.05) is 19.6 Å². The number of hydrogen-bond acceptors (Lipinski definition) is 4. The summed E-state index contributed by atoms with van der Waals surface area (Å²) in [5.41, 5.74) is 1.16. The molecule has 126 valence electrons. The van der Waals surface area contributed by atoms with E-state index in [0.717, 1.165) is 16.8 Å². The molecule has 0 aliphatic rings. The SMILES string of the molecule is CCNC(=O)C[NH+](CC)Cc1nc2c(oc3ccccc32)c(=O)[nH]1. The van der Waals surface area contributed by atoms with Gasteiger partial charge in [0.2, 0.25) is 5.58 Å². The summed E-state index contributed by atoms with van der Waals surface area (Å²) < 4.78 is 5.59. The van der Waals surface area contributed by atoms with Gasteiger partial charge in [-0.05, 0) is 26.0 Å². The Morgan fingerprint density at radius 3 is 2.88 bits per heavy atom. The van der Waals surface area contributed by atoms with E-state index in [1.54, 1.807) is 0 Å².